The van der Waals surface area contributed by atoms with Crippen molar-refractivity contribution in [2.45, 2.75) is 64.6 Å². The zero-order valence-corrected chi connectivity index (χ0v) is 32.0. The van der Waals surface area contributed by atoms with Crippen molar-refractivity contribution in [1.82, 2.24) is 30.6 Å². The molecule has 54 heavy (non-hydrogen) atoms. The van der Waals surface area contributed by atoms with E-state index in [0.29, 0.717) is 29.4 Å². The van der Waals surface area contributed by atoms with E-state index in [1.165, 1.54) is 9.78 Å². The summed E-state index contributed by atoms with van der Waals surface area (Å²) in [5.74, 6) is 0.158. The molecule has 8 rings (SSSR count). The molecule has 0 aliphatic carbocycles. The van der Waals surface area contributed by atoms with Gasteiger partial charge in [0.15, 0.2) is 11.6 Å². The van der Waals surface area contributed by atoms with E-state index in [9.17, 15) is 19.8 Å². The fourth-order valence-electron chi connectivity index (χ4n) is 7.54. The molecular weight excluding hydrogens is 723 g/mol. The molecule has 0 saturated carbocycles. The molecule has 2 aromatic carbocycles. The number of phenolic OH excluding ortho intramolecular Hbond substituents is 1. The van der Waals surface area contributed by atoms with Crippen molar-refractivity contribution in [1.29, 1.82) is 0 Å². The summed E-state index contributed by atoms with van der Waals surface area (Å²) in [6, 6.07) is 18.1. The number of thiophene rings is 1. The number of hydrogen-bond donors (Lipinski definition) is 3. The van der Waals surface area contributed by atoms with Crippen molar-refractivity contribution in [3.8, 4) is 27.4 Å². The van der Waals surface area contributed by atoms with Crippen molar-refractivity contribution in [3.05, 3.63) is 93.6 Å². The van der Waals surface area contributed by atoms with Crippen LogP contribution in [0.15, 0.2) is 70.7 Å². The minimum absolute atomic E-state index is 0.0741. The molecule has 0 unspecified atom stereocenters. The summed E-state index contributed by atoms with van der Waals surface area (Å²) in [7, 11) is 0. The van der Waals surface area contributed by atoms with Crippen LogP contribution in [0.25, 0.3) is 31.9 Å². The minimum Gasteiger partial charge on any atom is -0.507 e. The number of phenols is 1. The monoisotopic (exact) mass is 763 g/mol. The second-order valence-corrected chi connectivity index (χ2v) is 16.4. The number of rotatable bonds is 10. The Bertz CT molecular complexity index is 2330. The predicted octanol–water partition coefficient (Wildman–Crippen LogP) is 6.41. The van der Waals surface area contributed by atoms with Crippen LogP contribution in [0.5, 0.6) is 5.75 Å². The summed E-state index contributed by atoms with van der Waals surface area (Å²) in [4.78, 5) is 38.8. The molecule has 14 heteroatoms. The summed E-state index contributed by atoms with van der Waals surface area (Å²) in [6.45, 7) is 9.82. The second kappa shape index (κ2) is 14.6. The Morgan fingerprint density at radius 2 is 1.81 bits per heavy atom. The quantitative estimate of drug-likeness (QED) is 0.142. The topological polar surface area (TPSA) is 158 Å². The standard InChI is InChI=1S/C40H41N7O5S2/c1-21(2)35(40(51)47-19-27(48)13-31(47)38(50)41-16-24-9-11-25(12-10-24)37-23(4)42-20-53-37)33-15-34(45-52-33)46-17-26(18-46)36-22(3)29-14-30(43-44-39(29)54-36)28-7-5-6-8-32(28)49/h5-12,14-15,20-21,26-27,31,35,48-49H,13,16-19H2,1-4H3,(H,41,50)/t27-,31+,35-/m1/s1. The van der Waals surface area contributed by atoms with Gasteiger partial charge in [-0.2, -0.15) is 0 Å². The maximum Gasteiger partial charge on any atom is 0.243 e. The molecule has 2 aliphatic rings. The number of aryl methyl sites for hydroxylation is 2. The SMILES string of the molecule is Cc1ncsc1-c1ccc(CNC(=O)[C@@H]2C[C@@H](O)CN2C(=O)[C@@H](c2cc(N3CC(c4sc5nnc(-c6ccccc6O)cc5c4C)C3)no2)C(C)C)cc1. The molecule has 0 radical (unpaired) electrons. The van der Waals surface area contributed by atoms with E-state index in [4.69, 9.17) is 4.52 Å². The third-order valence-corrected chi connectivity index (χ3v) is 12.9. The van der Waals surface area contributed by atoms with Crippen molar-refractivity contribution in [2.24, 2.45) is 5.92 Å². The number of aliphatic hydroxyl groups is 1. The molecular formula is C40H41N7O5S2. The average Bonchev–Trinajstić information content (AvgIpc) is 3.94. The van der Waals surface area contributed by atoms with E-state index in [2.05, 4.69) is 37.5 Å². The fourth-order valence-corrected chi connectivity index (χ4v) is 9.54. The number of benzene rings is 2. The van der Waals surface area contributed by atoms with Crippen LogP contribution in [0.3, 0.4) is 0 Å². The number of anilines is 1. The Kier molecular flexibility index (Phi) is 9.67. The van der Waals surface area contributed by atoms with Crippen LogP contribution in [0.2, 0.25) is 0 Å². The summed E-state index contributed by atoms with van der Waals surface area (Å²) >= 11 is 3.23. The summed E-state index contributed by atoms with van der Waals surface area (Å²) in [5.41, 5.74) is 7.26. The van der Waals surface area contributed by atoms with Gasteiger partial charge in [0.1, 0.15) is 22.5 Å². The number of aromatic hydroxyl groups is 1. The Morgan fingerprint density at radius 1 is 1.04 bits per heavy atom. The minimum atomic E-state index is -0.803. The number of para-hydroxylation sites is 1. The van der Waals surface area contributed by atoms with Gasteiger partial charge in [0, 0.05) is 60.4 Å². The number of nitrogens with zero attached hydrogens (tertiary/aromatic N) is 6. The van der Waals surface area contributed by atoms with Gasteiger partial charge >= 0.3 is 0 Å². The van der Waals surface area contributed by atoms with Gasteiger partial charge in [-0.1, -0.05) is 55.4 Å². The molecule has 2 saturated heterocycles. The lowest BCUT2D eigenvalue weighted by molar-refractivity contribution is -0.141. The lowest BCUT2D eigenvalue weighted by Crippen LogP contribution is -2.48. The summed E-state index contributed by atoms with van der Waals surface area (Å²) in [6.07, 6.45) is -0.634. The Morgan fingerprint density at radius 3 is 2.54 bits per heavy atom. The van der Waals surface area contributed by atoms with E-state index >= 15 is 0 Å². The largest absolute Gasteiger partial charge is 0.507 e. The van der Waals surface area contributed by atoms with E-state index in [1.54, 1.807) is 34.8 Å². The number of fused-ring (bicyclic) bond motifs is 1. The lowest BCUT2D eigenvalue weighted by atomic mass is 9.91. The van der Waals surface area contributed by atoms with Crippen LogP contribution >= 0.6 is 22.7 Å². The number of β-amino-alcohol motifs (C(OH)–C–C–N with tert-alkyl or cyclic N) is 1. The van der Waals surface area contributed by atoms with Gasteiger partial charge in [-0.25, -0.2) is 4.98 Å². The first-order chi connectivity index (χ1) is 26.0. The van der Waals surface area contributed by atoms with Crippen molar-refractivity contribution in [2.75, 3.05) is 24.5 Å². The molecule has 0 spiro atoms. The van der Waals surface area contributed by atoms with Gasteiger partial charge in [0.2, 0.25) is 11.8 Å². The third-order valence-electron chi connectivity index (χ3n) is 10.5. The molecule has 6 heterocycles. The molecule has 3 N–H and O–H groups in total. The van der Waals surface area contributed by atoms with Crippen molar-refractivity contribution >= 4 is 50.5 Å². The molecule has 278 valence electrons. The summed E-state index contributed by atoms with van der Waals surface area (Å²) in [5, 5.41) is 38.2. The maximum atomic E-state index is 14.2. The number of aromatic nitrogens is 4. The third kappa shape index (κ3) is 6.73. The van der Waals surface area contributed by atoms with Crippen LogP contribution < -0.4 is 10.2 Å². The van der Waals surface area contributed by atoms with Gasteiger partial charge in [0.05, 0.1) is 27.9 Å². The van der Waals surface area contributed by atoms with Gasteiger partial charge in [-0.3, -0.25) is 9.59 Å². The smallest absolute Gasteiger partial charge is 0.243 e. The molecule has 4 aromatic heterocycles. The van der Waals surface area contributed by atoms with E-state index in [1.807, 2.05) is 74.8 Å². The number of carbonyl (C=O) groups is 2. The first kappa shape index (κ1) is 35.8. The van der Waals surface area contributed by atoms with Gasteiger partial charge in [0.25, 0.3) is 0 Å². The molecule has 6 aromatic rings. The van der Waals surface area contributed by atoms with Gasteiger partial charge in [-0.15, -0.1) is 32.9 Å². The average molecular weight is 764 g/mol. The molecule has 2 aliphatic heterocycles. The first-order valence-electron chi connectivity index (χ1n) is 18.1. The van der Waals surface area contributed by atoms with Crippen LogP contribution in [0.4, 0.5) is 5.82 Å². The highest BCUT2D eigenvalue weighted by atomic mass is 32.1. The number of nitrogens with one attached hydrogen (secondary N) is 1. The van der Waals surface area contributed by atoms with E-state index < -0.39 is 18.1 Å². The number of carbonyl (C=O) groups excluding carboxylic acids is 2. The van der Waals surface area contributed by atoms with Crippen LogP contribution in [0.1, 0.15) is 59.6 Å². The second-order valence-electron chi connectivity index (χ2n) is 14.5. The van der Waals surface area contributed by atoms with Gasteiger partial charge < -0.3 is 29.9 Å². The Balaban J connectivity index is 0.918. The number of aliphatic hydroxyl groups excluding tert-OH is 1. The molecule has 12 nitrogen and oxygen atoms in total. The Hall–Kier alpha value is -5.18. The normalized spacial score (nSPS) is 18.0. The summed E-state index contributed by atoms with van der Waals surface area (Å²) < 4.78 is 5.83. The highest BCUT2D eigenvalue weighted by molar-refractivity contribution is 7.19. The van der Waals surface area contributed by atoms with Crippen molar-refractivity contribution < 1.29 is 24.3 Å². The van der Waals surface area contributed by atoms with Crippen LogP contribution in [-0.2, 0) is 16.1 Å². The molecule has 2 amide bonds. The first-order valence-corrected chi connectivity index (χ1v) is 19.8. The predicted molar refractivity (Wildman–Crippen MR) is 209 cm³/mol. The molecule has 3 atom stereocenters. The molecule has 0 bridgehead atoms. The number of likely N-dealkylation sites (tertiary alicyclic amines) is 1. The highest BCUT2D eigenvalue weighted by Gasteiger charge is 2.43. The zero-order chi connectivity index (χ0) is 37.7. The van der Waals surface area contributed by atoms with Gasteiger partial charge in [-0.05, 0) is 54.7 Å². The number of hydrogen-bond acceptors (Lipinski definition) is 12. The van der Waals surface area contributed by atoms with Crippen LogP contribution in [-0.4, -0.2) is 79.0 Å². The molecule has 2 fully saturated rings. The van der Waals surface area contributed by atoms with Crippen molar-refractivity contribution in [3.63, 3.8) is 0 Å². The number of thiazole rings is 1. The van der Waals surface area contributed by atoms with E-state index in [0.717, 1.165) is 50.6 Å². The number of amides is 2. The lowest BCUT2D eigenvalue weighted by Gasteiger charge is -2.39. The maximum absolute atomic E-state index is 14.2. The van der Waals surface area contributed by atoms with E-state index in [-0.39, 0.29) is 42.4 Å². The fraction of sp³-hybridized carbons (Fsp3) is 0.350. The highest BCUT2D eigenvalue weighted by Crippen LogP contribution is 2.42. The Labute approximate surface area is 320 Å². The van der Waals surface area contributed by atoms with Crippen LogP contribution in [0, 0.1) is 19.8 Å². The zero-order valence-electron chi connectivity index (χ0n) is 30.4.